The van der Waals surface area contributed by atoms with E-state index in [2.05, 4.69) is 4.98 Å². The standard InChI is InChI=1S/C18H24N2O4.C2HF3O2/c21-17(15-3-7-22-11-15)20-12-18(13-20)9-16(4-8-24-18)23-10-14-1-5-19-6-2-14;3-2(4,5)1(6)7/h1-2,5-6,15-16H,3-4,7-13H2;(H,6,7). The van der Waals surface area contributed by atoms with Gasteiger partial charge in [-0.25, -0.2) is 4.79 Å². The summed E-state index contributed by atoms with van der Waals surface area (Å²) in [7, 11) is 0. The highest BCUT2D eigenvalue weighted by Gasteiger charge is 2.50. The van der Waals surface area contributed by atoms with Crippen LogP contribution in [0.25, 0.3) is 0 Å². The average molecular weight is 446 g/mol. The Labute approximate surface area is 177 Å². The monoisotopic (exact) mass is 446 g/mol. The molecule has 3 fully saturated rings. The van der Waals surface area contributed by atoms with Gasteiger partial charge in [0.25, 0.3) is 0 Å². The predicted molar refractivity (Wildman–Crippen MR) is 99.9 cm³/mol. The molecule has 1 aromatic rings. The molecule has 3 aliphatic rings. The number of amides is 1. The van der Waals surface area contributed by atoms with Gasteiger partial charge in [0.1, 0.15) is 5.60 Å². The van der Waals surface area contributed by atoms with Gasteiger partial charge >= 0.3 is 12.1 Å². The summed E-state index contributed by atoms with van der Waals surface area (Å²) in [6.07, 6.45) is 1.30. The number of alkyl halides is 3. The molecule has 0 saturated carbocycles. The molecule has 2 unspecified atom stereocenters. The first-order valence-corrected chi connectivity index (χ1v) is 10.00. The van der Waals surface area contributed by atoms with Crippen molar-refractivity contribution >= 4 is 11.9 Å². The van der Waals surface area contributed by atoms with Crippen molar-refractivity contribution < 1.29 is 42.1 Å². The van der Waals surface area contributed by atoms with Crippen LogP contribution in [-0.2, 0) is 30.4 Å². The number of likely N-dealkylation sites (tertiary alicyclic amines) is 1. The molecule has 172 valence electrons. The number of carboxylic acid groups (broad SMARTS) is 1. The Hall–Kier alpha value is -2.24. The Morgan fingerprint density at radius 3 is 2.48 bits per heavy atom. The summed E-state index contributed by atoms with van der Waals surface area (Å²) in [5, 5.41) is 7.12. The van der Waals surface area contributed by atoms with Gasteiger partial charge in [-0.3, -0.25) is 9.78 Å². The highest BCUT2D eigenvalue weighted by molar-refractivity contribution is 5.80. The summed E-state index contributed by atoms with van der Waals surface area (Å²) >= 11 is 0. The Kier molecular flexibility index (Phi) is 7.50. The van der Waals surface area contributed by atoms with Crippen molar-refractivity contribution in [3.05, 3.63) is 30.1 Å². The Balaban J connectivity index is 0.000000339. The minimum absolute atomic E-state index is 0.0460. The summed E-state index contributed by atoms with van der Waals surface area (Å²) in [6, 6.07) is 3.95. The number of ether oxygens (including phenoxy) is 3. The predicted octanol–water partition coefficient (Wildman–Crippen LogP) is 2.03. The molecule has 2 atom stereocenters. The number of aromatic nitrogens is 1. The van der Waals surface area contributed by atoms with Gasteiger partial charge in [-0.05, 0) is 30.5 Å². The molecule has 0 aromatic carbocycles. The number of hydrogen-bond donors (Lipinski definition) is 1. The van der Waals surface area contributed by atoms with Gasteiger partial charge in [0.05, 0.1) is 38.3 Å². The smallest absolute Gasteiger partial charge is 0.475 e. The molecule has 0 bridgehead atoms. The second-order valence-corrected chi connectivity index (χ2v) is 7.87. The molecule has 1 aromatic heterocycles. The Morgan fingerprint density at radius 2 is 1.90 bits per heavy atom. The second kappa shape index (κ2) is 9.92. The fourth-order valence-electron chi connectivity index (χ4n) is 3.83. The van der Waals surface area contributed by atoms with E-state index in [1.807, 2.05) is 17.0 Å². The van der Waals surface area contributed by atoms with Crippen molar-refractivity contribution in [2.75, 3.05) is 32.9 Å². The molecule has 4 heterocycles. The van der Waals surface area contributed by atoms with Crippen molar-refractivity contribution in [3.63, 3.8) is 0 Å². The van der Waals surface area contributed by atoms with Crippen LogP contribution in [0.3, 0.4) is 0 Å². The molecule has 8 nitrogen and oxygen atoms in total. The fraction of sp³-hybridized carbons (Fsp3) is 0.650. The normalized spacial score (nSPS) is 24.8. The molecule has 11 heteroatoms. The van der Waals surface area contributed by atoms with Gasteiger partial charge in [-0.1, -0.05) is 0 Å². The second-order valence-electron chi connectivity index (χ2n) is 7.87. The molecule has 1 amide bonds. The van der Waals surface area contributed by atoms with Gasteiger partial charge < -0.3 is 24.2 Å². The Morgan fingerprint density at radius 1 is 1.23 bits per heavy atom. The quantitative estimate of drug-likeness (QED) is 0.756. The molecule has 0 aliphatic carbocycles. The molecule has 3 saturated heterocycles. The molecule has 1 N–H and O–H groups in total. The number of carbonyl (C=O) groups is 2. The number of halogens is 3. The van der Waals surface area contributed by atoms with Crippen LogP contribution in [0.15, 0.2) is 24.5 Å². The molecule has 1 spiro atoms. The maximum Gasteiger partial charge on any atom is 0.490 e. The van der Waals surface area contributed by atoms with Crippen LogP contribution in [0.4, 0.5) is 13.2 Å². The van der Waals surface area contributed by atoms with Gasteiger partial charge in [0.15, 0.2) is 0 Å². The van der Waals surface area contributed by atoms with Gasteiger partial charge in [0, 0.05) is 32.0 Å². The summed E-state index contributed by atoms with van der Waals surface area (Å²) in [5.74, 6) is -2.49. The summed E-state index contributed by atoms with van der Waals surface area (Å²) in [6.45, 7) is 3.97. The lowest BCUT2D eigenvalue weighted by Gasteiger charge is -2.53. The van der Waals surface area contributed by atoms with E-state index in [0.29, 0.717) is 39.5 Å². The van der Waals surface area contributed by atoms with Crippen LogP contribution in [0.2, 0.25) is 0 Å². The van der Waals surface area contributed by atoms with Crippen molar-refractivity contribution in [2.24, 2.45) is 5.92 Å². The third-order valence-corrected chi connectivity index (χ3v) is 5.47. The number of aliphatic carboxylic acids is 1. The van der Waals surface area contributed by atoms with Gasteiger partial charge in [-0.15, -0.1) is 0 Å². The summed E-state index contributed by atoms with van der Waals surface area (Å²) in [5.41, 5.74) is 0.938. The number of pyridine rings is 1. The SMILES string of the molecule is O=C(C1CCOC1)N1CC2(CC(OCc3ccncc3)CCO2)C1.O=C(O)C(F)(F)F. The molecule has 4 rings (SSSR count). The fourth-order valence-corrected chi connectivity index (χ4v) is 3.83. The third-order valence-electron chi connectivity index (χ3n) is 5.47. The minimum atomic E-state index is -5.08. The Bertz CT molecular complexity index is 749. The first kappa shape index (κ1) is 23.4. The zero-order valence-electron chi connectivity index (χ0n) is 16.8. The van der Waals surface area contributed by atoms with E-state index in [-0.39, 0.29) is 23.5 Å². The zero-order valence-corrected chi connectivity index (χ0v) is 16.8. The van der Waals surface area contributed by atoms with E-state index in [4.69, 9.17) is 24.1 Å². The maximum atomic E-state index is 12.4. The first-order chi connectivity index (χ1) is 14.7. The van der Waals surface area contributed by atoms with Crippen molar-refractivity contribution in [2.45, 2.75) is 43.8 Å². The lowest BCUT2D eigenvalue weighted by molar-refractivity contribution is -0.204. The highest BCUT2D eigenvalue weighted by atomic mass is 19.4. The molecule has 3 aliphatic heterocycles. The van der Waals surface area contributed by atoms with E-state index >= 15 is 0 Å². The topological polar surface area (TPSA) is 98.2 Å². The highest BCUT2D eigenvalue weighted by Crippen LogP contribution is 2.36. The van der Waals surface area contributed by atoms with Crippen LogP contribution in [0.1, 0.15) is 24.8 Å². The number of carboxylic acids is 1. The number of nitrogens with zero attached hydrogens (tertiary/aromatic N) is 2. The number of carbonyl (C=O) groups excluding carboxylic acids is 1. The van der Waals surface area contributed by atoms with Gasteiger partial charge in [-0.2, -0.15) is 13.2 Å². The minimum Gasteiger partial charge on any atom is -0.475 e. The maximum absolute atomic E-state index is 12.4. The summed E-state index contributed by atoms with van der Waals surface area (Å²) in [4.78, 5) is 27.2. The molecule has 0 radical (unpaired) electrons. The molecular weight excluding hydrogens is 421 g/mol. The van der Waals surface area contributed by atoms with Crippen LogP contribution < -0.4 is 0 Å². The zero-order chi connectivity index (χ0) is 22.5. The van der Waals surface area contributed by atoms with E-state index in [0.717, 1.165) is 24.8 Å². The van der Waals surface area contributed by atoms with Crippen molar-refractivity contribution in [1.82, 2.24) is 9.88 Å². The molecule has 31 heavy (non-hydrogen) atoms. The largest absolute Gasteiger partial charge is 0.490 e. The van der Waals surface area contributed by atoms with Crippen molar-refractivity contribution in [3.8, 4) is 0 Å². The van der Waals surface area contributed by atoms with E-state index < -0.39 is 12.1 Å². The molecular formula is C20H25F3N2O6. The van der Waals surface area contributed by atoms with E-state index in [1.165, 1.54) is 0 Å². The third kappa shape index (κ3) is 6.37. The summed E-state index contributed by atoms with van der Waals surface area (Å²) < 4.78 is 49.1. The number of rotatable bonds is 4. The van der Waals surface area contributed by atoms with Crippen LogP contribution in [0, 0.1) is 5.92 Å². The average Bonchev–Trinajstić information content (AvgIpc) is 3.25. The van der Waals surface area contributed by atoms with E-state index in [9.17, 15) is 18.0 Å². The van der Waals surface area contributed by atoms with Crippen LogP contribution in [0.5, 0.6) is 0 Å². The van der Waals surface area contributed by atoms with Crippen LogP contribution >= 0.6 is 0 Å². The van der Waals surface area contributed by atoms with Crippen molar-refractivity contribution in [1.29, 1.82) is 0 Å². The van der Waals surface area contributed by atoms with Gasteiger partial charge in [0.2, 0.25) is 5.91 Å². The number of hydrogen-bond acceptors (Lipinski definition) is 6. The lowest BCUT2D eigenvalue weighted by Crippen LogP contribution is -2.68. The van der Waals surface area contributed by atoms with Crippen LogP contribution in [-0.4, -0.2) is 77.7 Å². The first-order valence-electron chi connectivity index (χ1n) is 10.00. The lowest BCUT2D eigenvalue weighted by atomic mass is 9.84. The van der Waals surface area contributed by atoms with E-state index in [1.54, 1.807) is 12.4 Å².